The Morgan fingerprint density at radius 2 is 2.05 bits per heavy atom. The van der Waals surface area contributed by atoms with E-state index in [0.29, 0.717) is 25.8 Å². The van der Waals surface area contributed by atoms with Gasteiger partial charge < -0.3 is 14.7 Å². The van der Waals surface area contributed by atoms with E-state index >= 15 is 0 Å². The summed E-state index contributed by atoms with van der Waals surface area (Å²) in [4.78, 5) is 16.4. The van der Waals surface area contributed by atoms with E-state index in [1.165, 1.54) is 12.8 Å². The molecule has 1 unspecified atom stereocenters. The summed E-state index contributed by atoms with van der Waals surface area (Å²) < 4.78 is 5.35. The summed E-state index contributed by atoms with van der Waals surface area (Å²) in [6.07, 6.45) is 4.68. The van der Waals surface area contributed by atoms with Crippen LogP contribution in [0.5, 0.6) is 0 Å². The van der Waals surface area contributed by atoms with Gasteiger partial charge in [0.15, 0.2) is 0 Å². The Morgan fingerprint density at radius 3 is 2.70 bits per heavy atom. The molecule has 116 valence electrons. The van der Waals surface area contributed by atoms with Crippen molar-refractivity contribution in [2.75, 3.05) is 40.0 Å². The highest BCUT2D eigenvalue weighted by Gasteiger charge is 2.29. The molecule has 2 rings (SSSR count). The summed E-state index contributed by atoms with van der Waals surface area (Å²) in [7, 11) is 1.93. The Hall–Kier alpha value is -0.650. The highest BCUT2D eigenvalue weighted by atomic mass is 16.5. The van der Waals surface area contributed by atoms with Crippen molar-refractivity contribution < 1.29 is 14.6 Å². The number of carbonyl (C=O) groups is 1. The lowest BCUT2D eigenvalue weighted by atomic mass is 9.87. The van der Waals surface area contributed by atoms with Gasteiger partial charge in [-0.3, -0.25) is 9.69 Å². The summed E-state index contributed by atoms with van der Waals surface area (Å²) >= 11 is 0. The van der Waals surface area contributed by atoms with Crippen molar-refractivity contribution >= 4 is 5.91 Å². The second-order valence-electron chi connectivity index (χ2n) is 6.30. The number of carbonyl (C=O) groups excluding carboxylic acids is 1. The molecule has 2 fully saturated rings. The van der Waals surface area contributed by atoms with Gasteiger partial charge in [-0.2, -0.15) is 0 Å². The predicted molar refractivity (Wildman–Crippen MR) is 77.5 cm³/mol. The summed E-state index contributed by atoms with van der Waals surface area (Å²) in [5.74, 6) is 0.970. The molecule has 1 saturated carbocycles. The zero-order valence-electron chi connectivity index (χ0n) is 12.8. The molecule has 0 bridgehead atoms. The minimum absolute atomic E-state index is 0.0347. The standard InChI is InChI=1S/C15H28N2O3/c1-12-3-5-13(6-4-12)16(2)15(19)9-17-7-8-20-11-14(17)10-18/h12-14,18H,3-11H2,1-2H3. The minimum Gasteiger partial charge on any atom is -0.395 e. The fourth-order valence-electron chi connectivity index (χ4n) is 3.18. The smallest absolute Gasteiger partial charge is 0.236 e. The molecule has 0 aromatic heterocycles. The third-order valence-corrected chi connectivity index (χ3v) is 4.83. The molecule has 1 atom stereocenters. The average Bonchev–Trinajstić information content (AvgIpc) is 2.48. The molecule has 1 heterocycles. The van der Waals surface area contributed by atoms with Crippen molar-refractivity contribution in [2.45, 2.75) is 44.7 Å². The first kappa shape index (κ1) is 15.7. The van der Waals surface area contributed by atoms with Gasteiger partial charge in [0.25, 0.3) is 0 Å². The van der Waals surface area contributed by atoms with Gasteiger partial charge in [-0.25, -0.2) is 0 Å². The maximum atomic E-state index is 12.4. The Balaban J connectivity index is 1.83. The molecule has 0 aromatic carbocycles. The molecule has 1 aliphatic carbocycles. The van der Waals surface area contributed by atoms with Crippen LogP contribution in [0.4, 0.5) is 0 Å². The van der Waals surface area contributed by atoms with Gasteiger partial charge in [0.2, 0.25) is 5.91 Å². The summed E-state index contributed by atoms with van der Waals surface area (Å²) in [6.45, 7) is 4.64. The molecule has 0 spiro atoms. The normalized spacial score (nSPS) is 32.0. The van der Waals surface area contributed by atoms with Crippen LogP contribution in [-0.4, -0.2) is 72.9 Å². The molecule has 5 heteroatoms. The number of hydrogen-bond donors (Lipinski definition) is 1. The van der Waals surface area contributed by atoms with Crippen molar-refractivity contribution in [1.29, 1.82) is 0 Å². The predicted octanol–water partition coefficient (Wildman–Crippen LogP) is 0.717. The SMILES string of the molecule is CC1CCC(N(C)C(=O)CN2CCOCC2CO)CC1. The summed E-state index contributed by atoms with van der Waals surface area (Å²) in [5.41, 5.74) is 0. The quantitative estimate of drug-likeness (QED) is 0.826. The number of nitrogens with zero attached hydrogens (tertiary/aromatic N) is 2. The number of aliphatic hydroxyl groups is 1. The van der Waals surface area contributed by atoms with Crippen LogP contribution in [-0.2, 0) is 9.53 Å². The molecule has 5 nitrogen and oxygen atoms in total. The number of rotatable bonds is 4. The van der Waals surface area contributed by atoms with Crippen LogP contribution in [0, 0.1) is 5.92 Å². The van der Waals surface area contributed by atoms with E-state index in [1.807, 2.05) is 16.8 Å². The van der Waals surface area contributed by atoms with Gasteiger partial charge in [0, 0.05) is 19.6 Å². The largest absolute Gasteiger partial charge is 0.395 e. The van der Waals surface area contributed by atoms with Crippen LogP contribution in [0.1, 0.15) is 32.6 Å². The van der Waals surface area contributed by atoms with Crippen molar-refractivity contribution in [3.63, 3.8) is 0 Å². The molecular formula is C15H28N2O3. The van der Waals surface area contributed by atoms with E-state index in [-0.39, 0.29) is 18.6 Å². The minimum atomic E-state index is -0.0347. The molecule has 1 saturated heterocycles. The van der Waals surface area contributed by atoms with Gasteiger partial charge in [-0.1, -0.05) is 6.92 Å². The third kappa shape index (κ3) is 3.93. The fraction of sp³-hybridized carbons (Fsp3) is 0.933. The lowest BCUT2D eigenvalue weighted by Gasteiger charge is -2.37. The van der Waals surface area contributed by atoms with Gasteiger partial charge >= 0.3 is 0 Å². The molecule has 1 aliphatic heterocycles. The van der Waals surface area contributed by atoms with Crippen LogP contribution in [0.3, 0.4) is 0 Å². The number of hydrogen-bond acceptors (Lipinski definition) is 4. The number of amides is 1. The van der Waals surface area contributed by atoms with Gasteiger partial charge in [-0.05, 0) is 31.6 Å². The highest BCUT2D eigenvalue weighted by Crippen LogP contribution is 2.26. The zero-order valence-corrected chi connectivity index (χ0v) is 12.8. The Morgan fingerprint density at radius 1 is 1.35 bits per heavy atom. The Bertz CT molecular complexity index is 316. The second-order valence-corrected chi connectivity index (χ2v) is 6.30. The van der Waals surface area contributed by atoms with E-state index in [4.69, 9.17) is 4.74 Å². The molecule has 1 amide bonds. The molecule has 0 radical (unpaired) electrons. The second kappa shape index (κ2) is 7.38. The maximum Gasteiger partial charge on any atom is 0.236 e. The number of ether oxygens (including phenoxy) is 1. The molecule has 1 N–H and O–H groups in total. The average molecular weight is 284 g/mol. The van der Waals surface area contributed by atoms with Crippen LogP contribution >= 0.6 is 0 Å². The van der Waals surface area contributed by atoms with Crippen molar-refractivity contribution in [1.82, 2.24) is 9.80 Å². The van der Waals surface area contributed by atoms with Crippen LogP contribution in [0.2, 0.25) is 0 Å². The first-order valence-corrected chi connectivity index (χ1v) is 7.80. The van der Waals surface area contributed by atoms with E-state index in [9.17, 15) is 9.90 Å². The van der Waals surface area contributed by atoms with E-state index in [0.717, 1.165) is 25.3 Å². The Kier molecular flexibility index (Phi) is 5.81. The highest BCUT2D eigenvalue weighted by molar-refractivity contribution is 5.78. The topological polar surface area (TPSA) is 53.0 Å². The first-order valence-electron chi connectivity index (χ1n) is 7.80. The van der Waals surface area contributed by atoms with Crippen molar-refractivity contribution in [2.24, 2.45) is 5.92 Å². The van der Waals surface area contributed by atoms with Crippen LogP contribution in [0.15, 0.2) is 0 Å². The Labute approximate surface area is 121 Å². The monoisotopic (exact) mass is 284 g/mol. The van der Waals surface area contributed by atoms with E-state index < -0.39 is 0 Å². The molecule has 2 aliphatic rings. The lowest BCUT2D eigenvalue weighted by Crippen LogP contribution is -2.52. The van der Waals surface area contributed by atoms with Gasteiger partial charge in [-0.15, -0.1) is 0 Å². The number of likely N-dealkylation sites (N-methyl/N-ethyl adjacent to an activating group) is 1. The van der Waals surface area contributed by atoms with Crippen LogP contribution in [0.25, 0.3) is 0 Å². The number of aliphatic hydroxyl groups excluding tert-OH is 1. The zero-order chi connectivity index (χ0) is 14.5. The summed E-state index contributed by atoms with van der Waals surface area (Å²) in [5, 5.41) is 9.34. The first-order chi connectivity index (χ1) is 9.61. The number of morpholine rings is 1. The van der Waals surface area contributed by atoms with Crippen molar-refractivity contribution in [3.05, 3.63) is 0 Å². The lowest BCUT2D eigenvalue weighted by molar-refractivity contribution is -0.136. The van der Waals surface area contributed by atoms with Crippen molar-refractivity contribution in [3.8, 4) is 0 Å². The van der Waals surface area contributed by atoms with Crippen LogP contribution < -0.4 is 0 Å². The van der Waals surface area contributed by atoms with Gasteiger partial charge in [0.05, 0.1) is 32.4 Å². The maximum absolute atomic E-state index is 12.4. The third-order valence-electron chi connectivity index (χ3n) is 4.83. The van der Waals surface area contributed by atoms with E-state index in [1.54, 1.807) is 0 Å². The molecular weight excluding hydrogens is 256 g/mol. The van der Waals surface area contributed by atoms with E-state index in [2.05, 4.69) is 6.92 Å². The fourth-order valence-corrected chi connectivity index (χ4v) is 3.18. The van der Waals surface area contributed by atoms with Gasteiger partial charge in [0.1, 0.15) is 0 Å². The molecule has 20 heavy (non-hydrogen) atoms. The molecule has 0 aromatic rings. The summed E-state index contributed by atoms with van der Waals surface area (Å²) in [6, 6.07) is 0.361.